The number of Topliss-reactive ketones (excluding diaryl/α,β-unsaturated/α-hetero) is 2. The molecule has 3 fully saturated rings. The molecule has 0 radical (unpaired) electrons. The summed E-state index contributed by atoms with van der Waals surface area (Å²) in [6, 6.07) is 0. The molecule has 4 bridgehead atoms. The van der Waals surface area contributed by atoms with Crippen LogP contribution in [0, 0.1) is 47.3 Å². The third kappa shape index (κ3) is 16.0. The Hall–Kier alpha value is -2.59. The summed E-state index contributed by atoms with van der Waals surface area (Å²) in [6.07, 6.45) is 13.1. The van der Waals surface area contributed by atoms with Crippen LogP contribution in [0.3, 0.4) is 0 Å². The van der Waals surface area contributed by atoms with E-state index in [1.54, 1.807) is 34.1 Å². The largest absolute Gasteiger partial charge is 0.462 e. The van der Waals surface area contributed by atoms with Crippen LogP contribution in [0.4, 0.5) is 0 Å². The summed E-state index contributed by atoms with van der Waals surface area (Å²) < 4.78 is 29.8. The number of hydrogen-bond acceptors (Lipinski definition) is 13. The van der Waals surface area contributed by atoms with E-state index in [0.29, 0.717) is 82.6 Å². The molecule has 4 aliphatic rings. The van der Waals surface area contributed by atoms with Gasteiger partial charge in [-0.1, -0.05) is 83.9 Å². The first-order valence-electron chi connectivity index (χ1n) is 25.4. The van der Waals surface area contributed by atoms with Gasteiger partial charge in [0.15, 0.2) is 0 Å². The topological polar surface area (TPSA) is 199 Å². The molecule has 10 unspecified atom stereocenters. The van der Waals surface area contributed by atoms with Crippen molar-refractivity contribution in [2.45, 2.75) is 206 Å². The van der Waals surface area contributed by atoms with Crippen molar-refractivity contribution >= 4 is 17.5 Å². The molecule has 0 aromatic rings. The number of fused-ring (bicyclic) bond motifs is 5. The SMILES string of the molecule is COC1CC(C[C@@H](C)[C@@H]2CC(O)[C@H](C)/C=C(\C)C(O)[C@@H](OC)C(O)C(C)C[C@H](C)/C=C/C=C/C=C(\C)[C@@H](OC)CC3CCC(C)C(O)(O3)C(=O)C(=O)[C@H]3CCCCC(CC3)C(=O)O2)CC[C@H]1O. The van der Waals surface area contributed by atoms with E-state index >= 15 is 0 Å². The lowest BCUT2D eigenvalue weighted by molar-refractivity contribution is -0.265. The number of carbonyl (C=O) groups excluding carboxylic acids is 3. The predicted octanol–water partition coefficient (Wildman–Crippen LogP) is 7.54. The first-order chi connectivity index (χ1) is 31.7. The van der Waals surface area contributed by atoms with Gasteiger partial charge in [-0.05, 0) is 119 Å². The highest BCUT2D eigenvalue weighted by atomic mass is 16.6. The smallest absolute Gasteiger partial charge is 0.309 e. The van der Waals surface area contributed by atoms with Crippen LogP contribution < -0.4 is 0 Å². The first kappa shape index (κ1) is 57.0. The summed E-state index contributed by atoms with van der Waals surface area (Å²) in [7, 11) is 4.68. The first-order valence-corrected chi connectivity index (χ1v) is 25.4. The molecule has 18 atom stereocenters. The van der Waals surface area contributed by atoms with Crippen molar-refractivity contribution in [2.24, 2.45) is 47.3 Å². The van der Waals surface area contributed by atoms with Gasteiger partial charge in [-0.25, -0.2) is 0 Å². The Labute approximate surface area is 401 Å². The third-order valence-corrected chi connectivity index (χ3v) is 15.8. The van der Waals surface area contributed by atoms with Crippen molar-refractivity contribution in [3.8, 4) is 0 Å². The van der Waals surface area contributed by atoms with Crippen molar-refractivity contribution in [2.75, 3.05) is 21.3 Å². The summed E-state index contributed by atoms with van der Waals surface area (Å²) in [5, 5.41) is 57.2. The summed E-state index contributed by atoms with van der Waals surface area (Å²) >= 11 is 0. The number of carbonyl (C=O) groups is 3. The number of aliphatic hydroxyl groups is 5. The molecule has 2 aliphatic heterocycles. The molecule has 13 heteroatoms. The lowest BCUT2D eigenvalue weighted by atomic mass is 9.78. The van der Waals surface area contributed by atoms with E-state index in [9.17, 15) is 39.9 Å². The molecule has 2 saturated carbocycles. The molecule has 67 heavy (non-hydrogen) atoms. The molecular weight excluding hydrogens is 857 g/mol. The van der Waals surface area contributed by atoms with Crippen molar-refractivity contribution in [3.05, 3.63) is 47.6 Å². The van der Waals surface area contributed by atoms with Gasteiger partial charge in [0.1, 0.15) is 18.3 Å². The van der Waals surface area contributed by atoms with Crippen molar-refractivity contribution in [1.82, 2.24) is 0 Å². The number of ether oxygens (including phenoxy) is 5. The van der Waals surface area contributed by atoms with Gasteiger partial charge in [0.05, 0.1) is 42.5 Å². The molecule has 0 amide bonds. The van der Waals surface area contributed by atoms with Gasteiger partial charge < -0.3 is 49.2 Å². The highest BCUT2D eigenvalue weighted by Gasteiger charge is 2.51. The Morgan fingerprint density at radius 2 is 1.43 bits per heavy atom. The van der Waals surface area contributed by atoms with Gasteiger partial charge in [-0.3, -0.25) is 14.4 Å². The zero-order valence-corrected chi connectivity index (χ0v) is 42.4. The van der Waals surface area contributed by atoms with Gasteiger partial charge in [-0.15, -0.1) is 0 Å². The Morgan fingerprint density at radius 3 is 2.10 bits per heavy atom. The fourth-order valence-corrected chi connectivity index (χ4v) is 11.1. The number of hydrogen-bond donors (Lipinski definition) is 5. The van der Waals surface area contributed by atoms with E-state index in [-0.39, 0.29) is 48.7 Å². The van der Waals surface area contributed by atoms with Crippen molar-refractivity contribution < 1.29 is 63.6 Å². The Bertz CT molecular complexity index is 1690. The van der Waals surface area contributed by atoms with Crippen LogP contribution in [0.25, 0.3) is 0 Å². The number of cyclic esters (lactones) is 1. The van der Waals surface area contributed by atoms with Crippen LogP contribution in [0.15, 0.2) is 47.6 Å². The maximum atomic E-state index is 14.3. The summed E-state index contributed by atoms with van der Waals surface area (Å²) in [4.78, 5) is 42.4. The number of rotatable bonds is 6. The molecule has 0 aromatic carbocycles. The quantitative estimate of drug-likeness (QED) is 0.0996. The lowest BCUT2D eigenvalue weighted by Gasteiger charge is -2.41. The van der Waals surface area contributed by atoms with E-state index in [1.807, 2.05) is 52.0 Å². The second kappa shape index (κ2) is 27.1. The number of allylic oxidation sites excluding steroid dienone is 5. The fourth-order valence-electron chi connectivity index (χ4n) is 11.1. The van der Waals surface area contributed by atoms with Crippen LogP contribution >= 0.6 is 0 Å². The molecule has 13 nitrogen and oxygen atoms in total. The minimum Gasteiger partial charge on any atom is -0.462 e. The van der Waals surface area contributed by atoms with E-state index in [2.05, 4.69) is 13.0 Å². The maximum Gasteiger partial charge on any atom is 0.309 e. The van der Waals surface area contributed by atoms with Crippen LogP contribution in [0.5, 0.6) is 0 Å². The number of esters is 1. The zero-order valence-electron chi connectivity index (χ0n) is 42.4. The highest BCUT2D eigenvalue weighted by molar-refractivity contribution is 6.40. The fraction of sp³-hybridized carbons (Fsp3) is 0.796. The minimum atomic E-state index is -2.28. The molecule has 0 spiro atoms. The molecule has 2 heterocycles. The maximum absolute atomic E-state index is 14.3. The minimum absolute atomic E-state index is 0.0934. The molecular formula is C54H88O13. The van der Waals surface area contributed by atoms with Gasteiger partial charge >= 0.3 is 5.97 Å². The van der Waals surface area contributed by atoms with Crippen molar-refractivity contribution in [1.29, 1.82) is 0 Å². The zero-order chi connectivity index (χ0) is 49.6. The highest BCUT2D eigenvalue weighted by Crippen LogP contribution is 2.39. The van der Waals surface area contributed by atoms with Crippen molar-refractivity contribution in [3.63, 3.8) is 0 Å². The summed E-state index contributed by atoms with van der Waals surface area (Å²) in [5.41, 5.74) is 1.46. The monoisotopic (exact) mass is 945 g/mol. The Morgan fingerprint density at radius 1 is 0.746 bits per heavy atom. The number of methoxy groups -OCH3 is 3. The van der Waals surface area contributed by atoms with E-state index in [0.717, 1.165) is 12.0 Å². The predicted molar refractivity (Wildman–Crippen MR) is 257 cm³/mol. The van der Waals surface area contributed by atoms with Crippen LogP contribution in [-0.2, 0) is 38.1 Å². The summed E-state index contributed by atoms with van der Waals surface area (Å²) in [6.45, 7) is 13.3. The number of ketones is 2. The van der Waals surface area contributed by atoms with E-state index in [1.165, 1.54) is 7.11 Å². The molecule has 1 saturated heterocycles. The Balaban J connectivity index is 1.65. The van der Waals surface area contributed by atoms with E-state index < -0.39 is 89.7 Å². The second-order valence-corrected chi connectivity index (χ2v) is 21.1. The van der Waals surface area contributed by atoms with E-state index in [4.69, 9.17) is 23.7 Å². The van der Waals surface area contributed by atoms with Crippen LogP contribution in [0.1, 0.15) is 145 Å². The van der Waals surface area contributed by atoms with Gasteiger partial charge in [-0.2, -0.15) is 0 Å². The average molecular weight is 945 g/mol. The van der Waals surface area contributed by atoms with Gasteiger partial charge in [0.2, 0.25) is 11.6 Å². The second-order valence-electron chi connectivity index (χ2n) is 21.1. The lowest BCUT2D eigenvalue weighted by Crippen LogP contribution is -2.56. The van der Waals surface area contributed by atoms with Crippen LogP contribution in [0.2, 0.25) is 0 Å². The molecule has 382 valence electrons. The number of aliphatic hydroxyl groups excluding tert-OH is 4. The molecule has 2 aliphatic carbocycles. The molecule has 0 aromatic heterocycles. The molecule has 5 N–H and O–H groups in total. The molecule has 4 rings (SSSR count). The normalized spacial score (nSPS) is 43.2. The van der Waals surface area contributed by atoms with Crippen LogP contribution in [-0.4, -0.2) is 125 Å². The average Bonchev–Trinajstić information content (AvgIpc) is 3.28. The summed E-state index contributed by atoms with van der Waals surface area (Å²) in [5.74, 6) is -6.66. The Kier molecular flexibility index (Phi) is 23.1. The van der Waals surface area contributed by atoms with Gasteiger partial charge in [0.25, 0.3) is 5.78 Å². The third-order valence-electron chi connectivity index (χ3n) is 15.8. The van der Waals surface area contributed by atoms with Gasteiger partial charge in [0, 0.05) is 51.9 Å². The standard InChI is InChI=1S/C54H88O13/c1-32-16-12-11-13-17-33(2)45(63-8)30-42-24-20-38(7)54(62,67-42)52(60)50(59)40-18-14-15-19-41(23-22-40)53(61)66-46(35(4)28-39-21-25-43(55)47(29-39)64-9)31-44(56)34(3)27-37(6)49(58)51(65-10)48(57)36(5)26-32/h11-13,16-17,27,32,34-36,38-49,51,55-58,62H,14-15,18-26,28-31H2,1-10H3/b13-11+,16-12+,33-17+,37-27+/t32-,34-,35-,36?,38?,39?,40+,41?,42?,43-,44?,45+,46+,47?,48?,49?,51+,54?/m1/s1.